The highest BCUT2D eigenvalue weighted by atomic mass is 32.1. The number of nitrogens with zero attached hydrogens (tertiary/aromatic N) is 4. The number of fused-ring (bicyclic) bond motifs is 2. The van der Waals surface area contributed by atoms with Crippen molar-refractivity contribution in [3.63, 3.8) is 0 Å². The fourth-order valence-corrected chi connectivity index (χ4v) is 5.77. The van der Waals surface area contributed by atoms with Crippen LogP contribution in [0.15, 0.2) is 12.1 Å². The Balaban J connectivity index is 0.00000152. The van der Waals surface area contributed by atoms with Gasteiger partial charge in [0.2, 0.25) is 5.91 Å². The van der Waals surface area contributed by atoms with Gasteiger partial charge in [-0.25, -0.2) is 18.7 Å². The molecular formula is C27H41F2N5OS. The monoisotopic (exact) mass is 521 g/mol. The number of aromatic nitrogens is 2. The van der Waals surface area contributed by atoms with E-state index in [-0.39, 0.29) is 46.2 Å². The van der Waals surface area contributed by atoms with E-state index in [9.17, 15) is 13.6 Å². The van der Waals surface area contributed by atoms with Crippen molar-refractivity contribution in [2.24, 2.45) is 17.8 Å². The highest BCUT2D eigenvalue weighted by Crippen LogP contribution is 2.39. The standard InChI is InChI=1S/C25H31F2N5O.2CH4.H2S/c1-13(2)23-25(33)30-22-14(3)28-21(29-24(22)31(23)4)7-15-5-16(6-15)10-32-11-17-8-19(26)20(27)9-18(17)12-32;;;/h8-9,13,15-16,23H,5-7,10-12H2,1-4H3,(H,30,33);2*1H4;1H2/t15?,16?,23-;;;/m0.../s1. The van der Waals surface area contributed by atoms with Crippen LogP contribution in [0.25, 0.3) is 0 Å². The van der Waals surface area contributed by atoms with Gasteiger partial charge in [0.25, 0.3) is 0 Å². The molecule has 9 heteroatoms. The molecule has 0 unspecified atom stereocenters. The van der Waals surface area contributed by atoms with Crippen molar-refractivity contribution in [3.8, 4) is 0 Å². The van der Waals surface area contributed by atoms with Crippen LogP contribution < -0.4 is 10.2 Å². The van der Waals surface area contributed by atoms with E-state index in [1.807, 2.05) is 32.7 Å². The summed E-state index contributed by atoms with van der Waals surface area (Å²) in [7, 11) is 1.93. The smallest absolute Gasteiger partial charge is 0.247 e. The van der Waals surface area contributed by atoms with Crippen LogP contribution in [0.5, 0.6) is 0 Å². The molecule has 3 aliphatic rings. The van der Waals surface area contributed by atoms with Gasteiger partial charge < -0.3 is 10.2 Å². The largest absolute Gasteiger partial charge is 0.346 e. The van der Waals surface area contributed by atoms with Crippen LogP contribution in [0.1, 0.15) is 64.2 Å². The molecule has 1 N–H and O–H groups in total. The van der Waals surface area contributed by atoms with Crippen LogP contribution in [0, 0.1) is 36.3 Å². The Morgan fingerprint density at radius 3 is 2.19 bits per heavy atom. The number of rotatable bonds is 5. The molecule has 1 fully saturated rings. The highest BCUT2D eigenvalue weighted by molar-refractivity contribution is 7.59. The van der Waals surface area contributed by atoms with Crippen LogP contribution in [-0.2, 0) is 24.3 Å². The predicted octanol–water partition coefficient (Wildman–Crippen LogP) is 5.45. The molecule has 1 aliphatic carbocycles. The number of hydrogen-bond donors (Lipinski definition) is 1. The van der Waals surface area contributed by atoms with E-state index < -0.39 is 11.6 Å². The van der Waals surface area contributed by atoms with Crippen molar-refractivity contribution in [3.05, 3.63) is 46.4 Å². The number of carbonyl (C=O) groups excluding carboxylic acids is 1. The van der Waals surface area contributed by atoms with Crippen molar-refractivity contribution < 1.29 is 13.6 Å². The minimum atomic E-state index is -0.760. The molecule has 1 atom stereocenters. The van der Waals surface area contributed by atoms with Crippen LogP contribution in [0.3, 0.4) is 0 Å². The van der Waals surface area contributed by atoms with E-state index in [1.165, 1.54) is 12.1 Å². The first kappa shape index (κ1) is 30.0. The lowest BCUT2D eigenvalue weighted by Gasteiger charge is -2.38. The maximum Gasteiger partial charge on any atom is 0.247 e. The van der Waals surface area contributed by atoms with E-state index in [0.717, 1.165) is 60.0 Å². The third-order valence-electron chi connectivity index (χ3n) is 7.37. The molecule has 5 rings (SSSR count). The van der Waals surface area contributed by atoms with Crippen molar-refractivity contribution in [1.82, 2.24) is 14.9 Å². The van der Waals surface area contributed by atoms with E-state index in [2.05, 4.69) is 15.2 Å². The second kappa shape index (κ2) is 11.4. The van der Waals surface area contributed by atoms with Crippen molar-refractivity contribution in [1.29, 1.82) is 0 Å². The summed E-state index contributed by atoms with van der Waals surface area (Å²) < 4.78 is 27.0. The first-order valence-corrected chi connectivity index (χ1v) is 11.8. The van der Waals surface area contributed by atoms with Gasteiger partial charge >= 0.3 is 0 Å². The SMILES string of the molecule is C.C.Cc1nc(CC2CC(CN3Cc4cc(F)c(F)cc4C3)C2)nc2c1NC(=O)[C@H](C(C)C)N2C.S. The number of nitrogens with one attached hydrogen (secondary N) is 1. The molecule has 2 aromatic rings. The number of amides is 1. The van der Waals surface area contributed by atoms with Gasteiger partial charge in [-0.05, 0) is 60.8 Å². The zero-order valence-corrected chi connectivity index (χ0v) is 21.2. The average molecular weight is 522 g/mol. The normalized spacial score (nSPS) is 22.5. The third-order valence-corrected chi connectivity index (χ3v) is 7.37. The summed E-state index contributed by atoms with van der Waals surface area (Å²) in [6.07, 6.45) is 3.04. The fraction of sp³-hybridized carbons (Fsp3) is 0.593. The molecule has 2 aliphatic heterocycles. The lowest BCUT2D eigenvalue weighted by molar-refractivity contribution is -0.118. The number of benzene rings is 1. The first-order chi connectivity index (χ1) is 15.7. The van der Waals surface area contributed by atoms with E-state index in [1.54, 1.807) is 0 Å². The molecule has 0 spiro atoms. The van der Waals surface area contributed by atoms with Gasteiger partial charge in [0, 0.05) is 33.1 Å². The van der Waals surface area contributed by atoms with Crippen molar-refractivity contribution in [2.75, 3.05) is 23.8 Å². The molecule has 200 valence electrons. The Morgan fingerprint density at radius 2 is 1.64 bits per heavy atom. The maximum absolute atomic E-state index is 13.5. The summed E-state index contributed by atoms with van der Waals surface area (Å²) >= 11 is 0. The predicted molar refractivity (Wildman–Crippen MR) is 147 cm³/mol. The Labute approximate surface area is 221 Å². The van der Waals surface area contributed by atoms with Crippen LogP contribution >= 0.6 is 13.5 Å². The van der Waals surface area contributed by atoms with Gasteiger partial charge in [-0.2, -0.15) is 13.5 Å². The summed E-state index contributed by atoms with van der Waals surface area (Å²) in [6.45, 7) is 8.34. The molecule has 0 radical (unpaired) electrons. The number of hydrogen-bond acceptors (Lipinski definition) is 5. The molecule has 3 heterocycles. The van der Waals surface area contributed by atoms with Crippen molar-refractivity contribution >= 4 is 30.9 Å². The Morgan fingerprint density at radius 1 is 1.06 bits per heavy atom. The number of halogens is 2. The number of likely N-dealkylation sites (N-methyl/N-ethyl adjacent to an activating group) is 1. The zero-order chi connectivity index (χ0) is 23.4. The second-order valence-corrected chi connectivity index (χ2v) is 10.3. The quantitative estimate of drug-likeness (QED) is 0.567. The third kappa shape index (κ3) is 5.52. The minimum Gasteiger partial charge on any atom is -0.346 e. The molecule has 1 aromatic heterocycles. The Bertz CT molecular complexity index is 1080. The first-order valence-electron chi connectivity index (χ1n) is 11.8. The molecule has 1 aromatic carbocycles. The molecular weight excluding hydrogens is 480 g/mol. The zero-order valence-electron chi connectivity index (χ0n) is 20.2. The Hall–Kier alpha value is -2.26. The molecule has 1 saturated carbocycles. The fourth-order valence-electron chi connectivity index (χ4n) is 5.77. The molecule has 36 heavy (non-hydrogen) atoms. The second-order valence-electron chi connectivity index (χ2n) is 10.3. The van der Waals surface area contributed by atoms with Gasteiger partial charge in [-0.1, -0.05) is 28.7 Å². The highest BCUT2D eigenvalue weighted by Gasteiger charge is 2.37. The number of carbonyl (C=O) groups is 1. The van der Waals surface area contributed by atoms with Crippen molar-refractivity contribution in [2.45, 2.75) is 74.0 Å². The van der Waals surface area contributed by atoms with Crippen LogP contribution in [0.4, 0.5) is 20.3 Å². The number of aryl methyl sites for hydroxylation is 1. The average Bonchev–Trinajstić information content (AvgIpc) is 3.08. The Kier molecular flexibility index (Phi) is 9.51. The summed E-state index contributed by atoms with van der Waals surface area (Å²) in [6, 6.07) is 2.44. The summed E-state index contributed by atoms with van der Waals surface area (Å²) in [4.78, 5) is 26.3. The summed E-state index contributed by atoms with van der Waals surface area (Å²) in [5, 5.41) is 3.00. The molecule has 6 nitrogen and oxygen atoms in total. The molecule has 0 bridgehead atoms. The molecule has 1 amide bonds. The van der Waals surface area contributed by atoms with Crippen LogP contribution in [0.2, 0.25) is 0 Å². The summed E-state index contributed by atoms with van der Waals surface area (Å²) in [5.41, 5.74) is 3.33. The number of anilines is 2. The van der Waals surface area contributed by atoms with Crippen LogP contribution in [-0.4, -0.2) is 40.4 Å². The maximum atomic E-state index is 13.5. The lowest BCUT2D eigenvalue weighted by atomic mass is 9.73. The van der Waals surface area contributed by atoms with Gasteiger partial charge in [0.05, 0.1) is 5.69 Å². The lowest BCUT2D eigenvalue weighted by Crippen LogP contribution is -2.49. The van der Waals surface area contributed by atoms with Gasteiger partial charge in [-0.15, -0.1) is 0 Å². The van der Waals surface area contributed by atoms with Gasteiger partial charge in [-0.3, -0.25) is 9.69 Å². The van der Waals surface area contributed by atoms with E-state index in [0.29, 0.717) is 24.9 Å². The summed E-state index contributed by atoms with van der Waals surface area (Å²) in [5.74, 6) is 1.42. The van der Waals surface area contributed by atoms with Gasteiger partial charge in [0.1, 0.15) is 17.6 Å². The van der Waals surface area contributed by atoms with E-state index in [4.69, 9.17) is 4.98 Å². The van der Waals surface area contributed by atoms with Gasteiger partial charge in [0.15, 0.2) is 17.5 Å². The van der Waals surface area contributed by atoms with E-state index >= 15 is 0 Å². The minimum absolute atomic E-state index is 0. The molecule has 0 saturated heterocycles. The topological polar surface area (TPSA) is 61.4 Å².